The summed E-state index contributed by atoms with van der Waals surface area (Å²) < 4.78 is 7.59. The average molecular weight is 498 g/mol. The Bertz CT molecular complexity index is 671. The smallest absolute Gasteiger partial charge is 0.133 e. The molecule has 0 atom stereocenters. The summed E-state index contributed by atoms with van der Waals surface area (Å²) in [6.07, 6.45) is 6.80. The Morgan fingerprint density at radius 3 is 1.57 bits per heavy atom. The van der Waals surface area contributed by atoms with Gasteiger partial charge in [-0.3, -0.25) is 0 Å². The fourth-order valence-electron chi connectivity index (χ4n) is 1.54. The highest BCUT2D eigenvalue weighted by molar-refractivity contribution is 14.1. The Morgan fingerprint density at radius 2 is 1.14 bits per heavy atom. The molecule has 0 bridgehead atoms. The van der Waals surface area contributed by atoms with E-state index in [1.54, 1.807) is 0 Å². The van der Waals surface area contributed by atoms with Gasteiger partial charge in [-0.15, -0.1) is 0 Å². The molecule has 2 aromatic carbocycles. The summed E-state index contributed by atoms with van der Waals surface area (Å²) in [5.41, 5.74) is 8.22. The number of hydrogen-bond donors (Lipinski definition) is 0. The van der Waals surface area contributed by atoms with E-state index < -0.39 is 0 Å². The van der Waals surface area contributed by atoms with Crippen LogP contribution in [-0.4, -0.2) is 0 Å². The van der Waals surface area contributed by atoms with Gasteiger partial charge in [0.2, 0.25) is 0 Å². The lowest BCUT2D eigenvalue weighted by molar-refractivity contribution is 0.405. The zero-order valence-electron chi connectivity index (χ0n) is 11.1. The molecular weight excluding hydrogens is 486 g/mol. The van der Waals surface area contributed by atoms with Gasteiger partial charge in [0.15, 0.2) is 0 Å². The van der Waals surface area contributed by atoms with E-state index in [2.05, 4.69) is 68.8 Å². The van der Waals surface area contributed by atoms with Crippen molar-refractivity contribution in [2.75, 3.05) is 0 Å². The Balaban J connectivity index is 1.95. The van der Waals surface area contributed by atoms with Crippen molar-refractivity contribution < 1.29 is 4.74 Å². The van der Waals surface area contributed by atoms with Gasteiger partial charge in [-0.05, 0) is 80.6 Å². The maximum atomic E-state index is 5.22. The molecule has 0 aliphatic rings. The molecule has 2 rings (SSSR count). The summed E-state index contributed by atoms with van der Waals surface area (Å²) in [7, 11) is 0. The first-order valence-corrected chi connectivity index (χ1v) is 8.39. The van der Waals surface area contributed by atoms with Crippen LogP contribution in [0.25, 0.3) is 12.2 Å². The van der Waals surface area contributed by atoms with Gasteiger partial charge in [0.05, 0.1) is 0 Å². The van der Waals surface area contributed by atoms with Crippen LogP contribution in [0.5, 0.6) is 0 Å². The van der Waals surface area contributed by atoms with Crippen molar-refractivity contribution in [1.29, 1.82) is 0 Å². The van der Waals surface area contributed by atoms with Gasteiger partial charge in [0.1, 0.15) is 12.5 Å². The molecule has 0 amide bonds. The number of rotatable bonds is 4. The Morgan fingerprint density at radius 1 is 0.714 bits per heavy atom. The molecular formula is C18H12I2O. The van der Waals surface area contributed by atoms with Gasteiger partial charge in [0, 0.05) is 7.14 Å². The third-order valence-corrected chi connectivity index (χ3v) is 4.53. The molecule has 0 N–H and O–H groups in total. The highest BCUT2D eigenvalue weighted by atomic mass is 127. The number of ether oxygens (including phenoxy) is 1. The second-order valence-corrected chi connectivity index (χ2v) is 6.36. The first kappa shape index (κ1) is 16.1. The van der Waals surface area contributed by atoms with Crippen LogP contribution in [0.15, 0.2) is 72.5 Å². The van der Waals surface area contributed by atoms with Crippen molar-refractivity contribution in [1.82, 2.24) is 0 Å². The van der Waals surface area contributed by atoms with E-state index in [1.807, 2.05) is 48.6 Å². The second-order valence-electron chi connectivity index (χ2n) is 4.04. The summed E-state index contributed by atoms with van der Waals surface area (Å²) in [6.45, 7) is 0. The predicted molar refractivity (Wildman–Crippen MR) is 104 cm³/mol. The van der Waals surface area contributed by atoms with Crippen LogP contribution in [0.1, 0.15) is 11.1 Å². The minimum Gasteiger partial charge on any atom is -0.456 e. The maximum Gasteiger partial charge on any atom is 0.133 e. The molecule has 0 unspecified atom stereocenters. The van der Waals surface area contributed by atoms with Gasteiger partial charge in [-0.1, -0.05) is 47.9 Å². The van der Waals surface area contributed by atoms with Gasteiger partial charge >= 0.3 is 0 Å². The minimum absolute atomic E-state index is 1.12. The van der Waals surface area contributed by atoms with Crippen LogP contribution in [0.4, 0.5) is 0 Å². The van der Waals surface area contributed by atoms with Crippen molar-refractivity contribution in [2.24, 2.45) is 0 Å². The van der Waals surface area contributed by atoms with Crippen molar-refractivity contribution >= 4 is 57.3 Å². The van der Waals surface area contributed by atoms with Gasteiger partial charge < -0.3 is 4.74 Å². The van der Waals surface area contributed by atoms with E-state index in [0.29, 0.717) is 0 Å². The minimum atomic E-state index is 1.12. The first-order valence-electron chi connectivity index (χ1n) is 6.24. The van der Waals surface area contributed by atoms with Gasteiger partial charge in [0.25, 0.3) is 0 Å². The zero-order valence-corrected chi connectivity index (χ0v) is 15.4. The Kier molecular flexibility index (Phi) is 6.83. The molecule has 104 valence electrons. The normalized spacial score (nSPS) is 9.05. The van der Waals surface area contributed by atoms with Crippen molar-refractivity contribution in [2.45, 2.75) is 0 Å². The van der Waals surface area contributed by atoms with E-state index in [-0.39, 0.29) is 0 Å². The standard InChI is InChI=1S/C18H12I2O/c19-17-11-3-1-7-15(17)9-5-13-21-14-6-10-16-8-2-4-12-18(16)20/h1-4,7-14H. The highest BCUT2D eigenvalue weighted by Crippen LogP contribution is 2.13. The van der Waals surface area contributed by atoms with E-state index in [1.165, 1.54) is 19.7 Å². The van der Waals surface area contributed by atoms with Crippen LogP contribution in [-0.2, 0) is 4.74 Å². The molecule has 0 heterocycles. The van der Waals surface area contributed by atoms with Crippen LogP contribution in [0.2, 0.25) is 0 Å². The van der Waals surface area contributed by atoms with Gasteiger partial charge in [-0.25, -0.2) is 0 Å². The molecule has 21 heavy (non-hydrogen) atoms. The molecule has 3 heteroatoms. The average Bonchev–Trinajstić information content (AvgIpc) is 2.50. The van der Waals surface area contributed by atoms with Crippen LogP contribution < -0.4 is 0 Å². The third kappa shape index (κ3) is 5.56. The quantitative estimate of drug-likeness (QED) is 0.292. The maximum absolute atomic E-state index is 5.22. The third-order valence-electron chi connectivity index (χ3n) is 2.56. The fourth-order valence-corrected chi connectivity index (χ4v) is 2.63. The Hall–Kier alpha value is -1.26. The van der Waals surface area contributed by atoms with E-state index in [9.17, 15) is 0 Å². The van der Waals surface area contributed by atoms with Crippen molar-refractivity contribution in [3.05, 3.63) is 90.8 Å². The molecule has 0 aliphatic carbocycles. The van der Waals surface area contributed by atoms with Crippen LogP contribution in [0.3, 0.4) is 0 Å². The lowest BCUT2D eigenvalue weighted by atomic mass is 10.2. The number of benzene rings is 2. The molecule has 0 radical (unpaired) electrons. The largest absolute Gasteiger partial charge is 0.456 e. The van der Waals surface area contributed by atoms with E-state index >= 15 is 0 Å². The Labute approximate surface area is 152 Å². The summed E-state index contributed by atoms with van der Waals surface area (Å²) in [5.74, 6) is 0. The molecule has 0 fully saturated rings. The van der Waals surface area contributed by atoms with Gasteiger partial charge in [-0.2, -0.15) is 0 Å². The van der Waals surface area contributed by atoms with E-state index in [0.717, 1.165) is 11.1 Å². The SMILES string of the molecule is Ic1ccccc1C=C=COC=C=Cc1ccccc1I. The lowest BCUT2D eigenvalue weighted by Gasteiger charge is -1.94. The topological polar surface area (TPSA) is 9.23 Å². The lowest BCUT2D eigenvalue weighted by Crippen LogP contribution is -1.76. The molecule has 0 saturated heterocycles. The summed E-state index contributed by atoms with van der Waals surface area (Å²) >= 11 is 4.58. The summed E-state index contributed by atoms with van der Waals surface area (Å²) in [6, 6.07) is 16.2. The highest BCUT2D eigenvalue weighted by Gasteiger charge is 1.91. The number of halogens is 2. The predicted octanol–water partition coefficient (Wildman–Crippen LogP) is 5.86. The van der Waals surface area contributed by atoms with E-state index in [4.69, 9.17) is 4.74 Å². The fraction of sp³-hybridized carbons (Fsp3) is 0. The summed E-state index contributed by atoms with van der Waals surface area (Å²) in [5, 5.41) is 0. The second kappa shape index (κ2) is 8.90. The zero-order chi connectivity index (χ0) is 14.9. The molecule has 2 aromatic rings. The molecule has 0 aliphatic heterocycles. The molecule has 0 spiro atoms. The van der Waals surface area contributed by atoms with Crippen LogP contribution in [0, 0.1) is 7.14 Å². The first-order chi connectivity index (χ1) is 10.3. The van der Waals surface area contributed by atoms with Crippen LogP contribution >= 0.6 is 45.2 Å². The molecule has 0 saturated carbocycles. The number of hydrogen-bond acceptors (Lipinski definition) is 1. The van der Waals surface area contributed by atoms with Crippen molar-refractivity contribution in [3.63, 3.8) is 0 Å². The molecule has 0 aromatic heterocycles. The van der Waals surface area contributed by atoms with Crippen molar-refractivity contribution in [3.8, 4) is 0 Å². The monoisotopic (exact) mass is 498 g/mol. The molecule has 1 nitrogen and oxygen atoms in total. The summed E-state index contributed by atoms with van der Waals surface area (Å²) in [4.78, 5) is 0.